The first-order valence-corrected chi connectivity index (χ1v) is 11.5. The lowest BCUT2D eigenvalue weighted by Crippen LogP contribution is -2.33. The molecule has 3 heterocycles. The first-order valence-electron chi connectivity index (χ1n) is 11.5. The summed E-state index contributed by atoms with van der Waals surface area (Å²) in [4.78, 5) is 28.4. The van der Waals surface area contributed by atoms with Crippen molar-refractivity contribution in [3.8, 4) is 17.1 Å². The molecule has 0 spiro atoms. The normalized spacial score (nSPS) is 16.6. The molecule has 2 aromatic carbocycles. The number of primary amides is 1. The summed E-state index contributed by atoms with van der Waals surface area (Å²) in [5.74, 6) is 0.995. The number of rotatable bonds is 6. The van der Waals surface area contributed by atoms with Crippen molar-refractivity contribution in [2.45, 2.75) is 19.8 Å². The summed E-state index contributed by atoms with van der Waals surface area (Å²) in [6, 6.07) is 17.1. The maximum absolute atomic E-state index is 12.4. The Labute approximate surface area is 198 Å². The van der Waals surface area contributed by atoms with Crippen molar-refractivity contribution in [2.75, 3.05) is 18.0 Å². The third kappa shape index (κ3) is 4.29. The third-order valence-corrected chi connectivity index (χ3v) is 6.61. The van der Waals surface area contributed by atoms with E-state index in [4.69, 9.17) is 15.7 Å². The van der Waals surface area contributed by atoms with Crippen molar-refractivity contribution in [3.63, 3.8) is 0 Å². The molecule has 172 valence electrons. The van der Waals surface area contributed by atoms with E-state index in [1.54, 1.807) is 24.5 Å². The maximum Gasteiger partial charge on any atom is 0.221 e. The molecule has 1 aliphatic rings. The topological polar surface area (TPSA) is 105 Å². The summed E-state index contributed by atoms with van der Waals surface area (Å²) in [6.07, 6.45) is 4.94. The van der Waals surface area contributed by atoms with Crippen LogP contribution in [0.2, 0.25) is 0 Å². The molecule has 1 saturated heterocycles. The summed E-state index contributed by atoms with van der Waals surface area (Å²) >= 11 is 0. The highest BCUT2D eigenvalue weighted by atomic mass is 16.3. The number of phenolic OH excluding ortho intramolecular Hbond substituents is 1. The second-order valence-corrected chi connectivity index (χ2v) is 8.98. The fourth-order valence-corrected chi connectivity index (χ4v) is 4.83. The highest BCUT2D eigenvalue weighted by Crippen LogP contribution is 2.36. The van der Waals surface area contributed by atoms with Crippen LogP contribution in [0.5, 0.6) is 5.75 Å². The molecule has 1 fully saturated rings. The minimum absolute atomic E-state index is 0.113. The number of carbonyl (C=O) groups excluding carboxylic acids is 1. The largest absolute Gasteiger partial charge is 0.507 e. The number of aryl methyl sites for hydroxylation is 1. The Kier molecular flexibility index (Phi) is 5.84. The molecule has 0 bridgehead atoms. The van der Waals surface area contributed by atoms with Crippen LogP contribution >= 0.6 is 0 Å². The molecule has 4 aromatic rings. The SMILES string of the molecule is Cc1ccc2c(N3CC[C@H](C(Cc4cccnc4)C(N)=O)C3)nc(-c3ccccc3O)nc2c1. The Hall–Kier alpha value is -4.00. The fraction of sp³-hybridized carbons (Fsp3) is 0.259. The van der Waals surface area contributed by atoms with Gasteiger partial charge in [0.05, 0.1) is 11.1 Å². The van der Waals surface area contributed by atoms with Gasteiger partial charge in [-0.2, -0.15) is 0 Å². The molecule has 0 radical (unpaired) electrons. The molecule has 2 atom stereocenters. The Morgan fingerprint density at radius 3 is 2.79 bits per heavy atom. The van der Waals surface area contributed by atoms with Crippen LogP contribution in [0.4, 0.5) is 5.82 Å². The van der Waals surface area contributed by atoms with Gasteiger partial charge in [0.25, 0.3) is 0 Å². The lowest BCUT2D eigenvalue weighted by atomic mass is 9.86. The van der Waals surface area contributed by atoms with Gasteiger partial charge in [-0.1, -0.05) is 24.3 Å². The van der Waals surface area contributed by atoms with Crippen molar-refractivity contribution >= 4 is 22.6 Å². The first-order chi connectivity index (χ1) is 16.5. The van der Waals surface area contributed by atoms with Gasteiger partial charge in [-0.15, -0.1) is 0 Å². The van der Waals surface area contributed by atoms with Gasteiger partial charge in [0.15, 0.2) is 5.82 Å². The molecule has 7 heteroatoms. The summed E-state index contributed by atoms with van der Waals surface area (Å²) in [7, 11) is 0. The molecule has 1 unspecified atom stereocenters. The number of aromatic nitrogens is 3. The standard InChI is InChI=1S/C27H27N5O2/c1-17-8-9-20-23(13-17)30-26(21-6-2-3-7-24(21)33)31-27(20)32-12-10-19(16-32)22(25(28)34)14-18-5-4-11-29-15-18/h2-9,11,13,15,19,22,33H,10,12,14,16H2,1H3,(H2,28,34)/t19-,22?/m0/s1. The number of carbonyl (C=O) groups is 1. The Morgan fingerprint density at radius 1 is 1.18 bits per heavy atom. The van der Waals surface area contributed by atoms with E-state index in [9.17, 15) is 9.90 Å². The summed E-state index contributed by atoms with van der Waals surface area (Å²) in [6.45, 7) is 3.47. The van der Waals surface area contributed by atoms with Crippen LogP contribution in [0, 0.1) is 18.8 Å². The molecule has 2 aromatic heterocycles. The average molecular weight is 454 g/mol. The quantitative estimate of drug-likeness (QED) is 0.459. The van der Waals surface area contributed by atoms with Gasteiger partial charge < -0.3 is 15.7 Å². The van der Waals surface area contributed by atoms with Gasteiger partial charge in [0, 0.05) is 36.8 Å². The van der Waals surface area contributed by atoms with E-state index < -0.39 is 0 Å². The number of benzene rings is 2. The molecule has 0 aliphatic carbocycles. The van der Waals surface area contributed by atoms with Crippen LogP contribution < -0.4 is 10.6 Å². The predicted octanol–water partition coefficient (Wildman–Crippen LogP) is 3.88. The number of nitrogens with two attached hydrogens (primary N) is 1. The van der Waals surface area contributed by atoms with E-state index in [-0.39, 0.29) is 23.5 Å². The minimum Gasteiger partial charge on any atom is -0.507 e. The van der Waals surface area contributed by atoms with E-state index in [2.05, 4.69) is 16.0 Å². The third-order valence-electron chi connectivity index (χ3n) is 6.61. The van der Waals surface area contributed by atoms with Crippen molar-refractivity contribution in [1.82, 2.24) is 15.0 Å². The van der Waals surface area contributed by atoms with Crippen molar-refractivity contribution in [1.29, 1.82) is 0 Å². The number of amides is 1. The van der Waals surface area contributed by atoms with Crippen LogP contribution in [0.1, 0.15) is 17.5 Å². The molecule has 1 amide bonds. The van der Waals surface area contributed by atoms with E-state index in [0.29, 0.717) is 24.4 Å². The lowest BCUT2D eigenvalue weighted by molar-refractivity contribution is -0.123. The highest BCUT2D eigenvalue weighted by molar-refractivity contribution is 5.92. The van der Waals surface area contributed by atoms with Crippen LogP contribution in [0.15, 0.2) is 67.0 Å². The number of phenols is 1. The van der Waals surface area contributed by atoms with Crippen molar-refractivity contribution in [2.24, 2.45) is 17.6 Å². The van der Waals surface area contributed by atoms with Crippen LogP contribution in [-0.2, 0) is 11.2 Å². The van der Waals surface area contributed by atoms with Crippen LogP contribution in [0.25, 0.3) is 22.3 Å². The molecule has 3 N–H and O–H groups in total. The zero-order valence-corrected chi connectivity index (χ0v) is 19.1. The van der Waals surface area contributed by atoms with Crippen LogP contribution in [0.3, 0.4) is 0 Å². The first kappa shape index (κ1) is 21.8. The van der Waals surface area contributed by atoms with Crippen molar-refractivity contribution in [3.05, 3.63) is 78.1 Å². The number of anilines is 1. The van der Waals surface area contributed by atoms with Gasteiger partial charge in [-0.05, 0) is 67.1 Å². The zero-order valence-electron chi connectivity index (χ0n) is 19.1. The highest BCUT2D eigenvalue weighted by Gasteiger charge is 2.34. The van der Waals surface area contributed by atoms with Crippen LogP contribution in [-0.4, -0.2) is 39.1 Å². The molecule has 34 heavy (non-hydrogen) atoms. The summed E-state index contributed by atoms with van der Waals surface area (Å²) in [5.41, 5.74) is 9.37. The minimum atomic E-state index is -0.284. The molecule has 1 aliphatic heterocycles. The monoisotopic (exact) mass is 453 g/mol. The number of fused-ring (bicyclic) bond motifs is 1. The number of aromatic hydroxyl groups is 1. The van der Waals surface area contributed by atoms with Gasteiger partial charge in [-0.25, -0.2) is 9.97 Å². The fourth-order valence-electron chi connectivity index (χ4n) is 4.83. The summed E-state index contributed by atoms with van der Waals surface area (Å²) in [5, 5.41) is 11.4. The molecular weight excluding hydrogens is 426 g/mol. The second kappa shape index (κ2) is 9.09. The van der Waals surface area contributed by atoms with E-state index in [0.717, 1.165) is 40.8 Å². The molecule has 7 nitrogen and oxygen atoms in total. The lowest BCUT2D eigenvalue weighted by Gasteiger charge is -2.23. The average Bonchev–Trinajstić information content (AvgIpc) is 3.32. The maximum atomic E-state index is 12.4. The number of hydrogen-bond acceptors (Lipinski definition) is 6. The zero-order chi connectivity index (χ0) is 23.7. The van der Waals surface area contributed by atoms with Crippen molar-refractivity contribution < 1.29 is 9.90 Å². The van der Waals surface area contributed by atoms with Gasteiger partial charge in [0.1, 0.15) is 11.6 Å². The van der Waals surface area contributed by atoms with E-state index >= 15 is 0 Å². The Morgan fingerprint density at radius 2 is 2.03 bits per heavy atom. The predicted molar refractivity (Wildman–Crippen MR) is 132 cm³/mol. The number of nitrogens with zero attached hydrogens (tertiary/aromatic N) is 4. The number of para-hydroxylation sites is 1. The molecular formula is C27H27N5O2. The number of pyridine rings is 1. The van der Waals surface area contributed by atoms with Gasteiger partial charge in [-0.3, -0.25) is 9.78 Å². The summed E-state index contributed by atoms with van der Waals surface area (Å²) < 4.78 is 0. The molecule has 0 saturated carbocycles. The number of hydrogen-bond donors (Lipinski definition) is 2. The van der Waals surface area contributed by atoms with Gasteiger partial charge in [0.2, 0.25) is 5.91 Å². The van der Waals surface area contributed by atoms with Gasteiger partial charge >= 0.3 is 0 Å². The smallest absolute Gasteiger partial charge is 0.221 e. The van der Waals surface area contributed by atoms with E-state index in [1.165, 1.54) is 0 Å². The Bertz CT molecular complexity index is 1340. The molecule has 5 rings (SSSR count). The van der Waals surface area contributed by atoms with E-state index in [1.807, 2.05) is 43.3 Å². The second-order valence-electron chi connectivity index (χ2n) is 8.98. The Balaban J connectivity index is 1.50.